The van der Waals surface area contributed by atoms with E-state index < -0.39 is 33.4 Å². The molecule has 0 aliphatic carbocycles. The second-order valence-electron chi connectivity index (χ2n) is 4.76. The van der Waals surface area contributed by atoms with Crippen LogP contribution in [0.4, 0.5) is 17.6 Å². The van der Waals surface area contributed by atoms with Gasteiger partial charge in [-0.2, -0.15) is 13.2 Å². The van der Waals surface area contributed by atoms with E-state index in [9.17, 15) is 26.0 Å². The van der Waals surface area contributed by atoms with Gasteiger partial charge in [-0.3, -0.25) is 0 Å². The molecule has 8 heteroatoms. The molecule has 1 aromatic carbocycles. The van der Waals surface area contributed by atoms with E-state index in [-0.39, 0.29) is 17.7 Å². The summed E-state index contributed by atoms with van der Waals surface area (Å²) in [6.45, 7) is 2.09. The van der Waals surface area contributed by atoms with Crippen molar-refractivity contribution in [3.63, 3.8) is 0 Å². The van der Waals surface area contributed by atoms with Crippen LogP contribution in [-0.4, -0.2) is 27.0 Å². The highest BCUT2D eigenvalue weighted by Crippen LogP contribution is 2.32. The highest BCUT2D eigenvalue weighted by Gasteiger charge is 2.32. The molecule has 0 amide bonds. The van der Waals surface area contributed by atoms with Gasteiger partial charge in [0.15, 0.2) is 0 Å². The van der Waals surface area contributed by atoms with Gasteiger partial charge in [-0.05, 0) is 31.2 Å². The second-order valence-corrected chi connectivity index (χ2v) is 7.02. The van der Waals surface area contributed by atoms with Gasteiger partial charge in [-0.25, -0.2) is 12.8 Å². The quantitative estimate of drug-likeness (QED) is 0.817. The summed E-state index contributed by atoms with van der Waals surface area (Å²) in [6, 6.07) is 1.36. The van der Waals surface area contributed by atoms with Gasteiger partial charge in [0, 0.05) is 17.9 Å². The normalized spacial score (nSPS) is 14.2. The summed E-state index contributed by atoms with van der Waals surface area (Å²) in [5, 5.41) is 2.82. The van der Waals surface area contributed by atoms with Gasteiger partial charge < -0.3 is 5.32 Å². The molecule has 120 valence electrons. The minimum absolute atomic E-state index is 0.00486. The minimum Gasteiger partial charge on any atom is -0.310 e. The van der Waals surface area contributed by atoms with Gasteiger partial charge in [0.25, 0.3) is 0 Å². The van der Waals surface area contributed by atoms with Crippen LogP contribution in [0.25, 0.3) is 0 Å². The van der Waals surface area contributed by atoms with Gasteiger partial charge >= 0.3 is 6.18 Å². The Morgan fingerprint density at radius 3 is 2.38 bits per heavy atom. The lowest BCUT2D eigenvalue weighted by Crippen LogP contribution is -2.25. The number of rotatable bonds is 6. The summed E-state index contributed by atoms with van der Waals surface area (Å²) in [4.78, 5) is 0. The molecule has 0 fully saturated rings. The molecule has 21 heavy (non-hydrogen) atoms. The third-order valence-electron chi connectivity index (χ3n) is 2.93. The monoisotopic (exact) mass is 327 g/mol. The molecule has 0 bridgehead atoms. The first kappa shape index (κ1) is 17.9. The van der Waals surface area contributed by atoms with E-state index >= 15 is 0 Å². The summed E-state index contributed by atoms with van der Waals surface area (Å²) in [6.07, 6.45) is -3.54. The first-order valence-corrected chi connectivity index (χ1v) is 8.38. The molecule has 0 aliphatic heterocycles. The molecule has 0 radical (unpaired) electrons. The van der Waals surface area contributed by atoms with Crippen LogP contribution in [0.2, 0.25) is 0 Å². The second kappa shape index (κ2) is 6.74. The van der Waals surface area contributed by atoms with Crippen LogP contribution in [0.3, 0.4) is 0 Å². The van der Waals surface area contributed by atoms with E-state index in [4.69, 9.17) is 0 Å². The van der Waals surface area contributed by atoms with Gasteiger partial charge in [0.2, 0.25) is 0 Å². The summed E-state index contributed by atoms with van der Waals surface area (Å²) >= 11 is 0. The number of alkyl halides is 3. The van der Waals surface area contributed by atoms with Crippen molar-refractivity contribution in [3.05, 3.63) is 35.1 Å². The molecule has 1 N–H and O–H groups in total. The van der Waals surface area contributed by atoms with E-state index in [1.54, 1.807) is 6.92 Å². The van der Waals surface area contributed by atoms with E-state index in [0.717, 1.165) is 18.4 Å². The smallest absolute Gasteiger partial charge is 0.310 e. The van der Waals surface area contributed by atoms with Crippen LogP contribution >= 0.6 is 0 Å². The summed E-state index contributed by atoms with van der Waals surface area (Å²) < 4.78 is 74.2. The topological polar surface area (TPSA) is 46.2 Å². The fourth-order valence-electron chi connectivity index (χ4n) is 1.93. The predicted molar refractivity (Wildman–Crippen MR) is 72.1 cm³/mol. The Hall–Kier alpha value is -1.15. The van der Waals surface area contributed by atoms with Crippen LogP contribution in [0.1, 0.15) is 30.5 Å². The molecule has 0 heterocycles. The Morgan fingerprint density at radius 1 is 1.29 bits per heavy atom. The maximum Gasteiger partial charge on any atom is 0.416 e. The van der Waals surface area contributed by atoms with Gasteiger partial charge in [-0.1, -0.05) is 6.92 Å². The van der Waals surface area contributed by atoms with Crippen molar-refractivity contribution < 1.29 is 26.0 Å². The zero-order chi connectivity index (χ0) is 16.3. The molecular weight excluding hydrogens is 310 g/mol. The Morgan fingerprint density at radius 2 is 1.90 bits per heavy atom. The molecule has 1 aromatic rings. The first-order chi connectivity index (χ1) is 9.54. The first-order valence-electron chi connectivity index (χ1n) is 6.32. The van der Waals surface area contributed by atoms with Gasteiger partial charge in [-0.15, -0.1) is 0 Å². The van der Waals surface area contributed by atoms with E-state index in [0.29, 0.717) is 12.6 Å². The Labute approximate surface area is 121 Å². The Kier molecular flexibility index (Phi) is 5.75. The molecular formula is C13H17F4NO2S. The SMILES string of the molecule is CCNC(CCS(C)(=O)=O)c1cc(C(F)(F)F)ccc1F. The van der Waals surface area contributed by atoms with E-state index in [1.807, 2.05) is 0 Å². The molecule has 0 spiro atoms. The van der Waals surface area contributed by atoms with Crippen LogP contribution < -0.4 is 5.32 Å². The van der Waals surface area contributed by atoms with Crippen molar-refractivity contribution >= 4 is 9.84 Å². The summed E-state index contributed by atoms with van der Waals surface area (Å²) in [7, 11) is -3.28. The third-order valence-corrected chi connectivity index (χ3v) is 3.90. The van der Waals surface area contributed by atoms with Crippen molar-refractivity contribution in [3.8, 4) is 0 Å². The van der Waals surface area contributed by atoms with Crippen molar-refractivity contribution in [2.45, 2.75) is 25.6 Å². The number of hydrogen-bond acceptors (Lipinski definition) is 3. The Balaban J connectivity index is 3.12. The van der Waals surface area contributed by atoms with Crippen LogP contribution in [0.5, 0.6) is 0 Å². The number of sulfone groups is 1. The van der Waals surface area contributed by atoms with Crippen molar-refractivity contribution in [1.29, 1.82) is 0 Å². The molecule has 0 saturated carbocycles. The number of nitrogens with one attached hydrogen (secondary N) is 1. The minimum atomic E-state index is -4.57. The number of hydrogen-bond donors (Lipinski definition) is 1. The van der Waals surface area contributed by atoms with E-state index in [1.165, 1.54) is 0 Å². The van der Waals surface area contributed by atoms with Crippen molar-refractivity contribution in [2.75, 3.05) is 18.6 Å². The molecule has 3 nitrogen and oxygen atoms in total. The zero-order valence-corrected chi connectivity index (χ0v) is 12.5. The average Bonchev–Trinajstić information content (AvgIpc) is 2.33. The van der Waals surface area contributed by atoms with Crippen molar-refractivity contribution in [2.24, 2.45) is 0 Å². The predicted octanol–water partition coefficient (Wildman–Crippen LogP) is 2.93. The third kappa shape index (κ3) is 5.62. The van der Waals surface area contributed by atoms with Crippen LogP contribution in [0, 0.1) is 5.82 Å². The number of halogens is 4. The lowest BCUT2D eigenvalue weighted by molar-refractivity contribution is -0.137. The van der Waals surface area contributed by atoms with Gasteiger partial charge in [0.05, 0.1) is 11.3 Å². The molecule has 1 unspecified atom stereocenters. The molecule has 0 saturated heterocycles. The fraction of sp³-hybridized carbons (Fsp3) is 0.538. The fourth-order valence-corrected chi connectivity index (χ4v) is 2.60. The zero-order valence-electron chi connectivity index (χ0n) is 11.7. The lowest BCUT2D eigenvalue weighted by Gasteiger charge is -2.20. The molecule has 0 aromatic heterocycles. The lowest BCUT2D eigenvalue weighted by atomic mass is 10.0. The molecule has 1 rings (SSSR count). The maximum atomic E-state index is 13.8. The van der Waals surface area contributed by atoms with Gasteiger partial charge in [0.1, 0.15) is 15.7 Å². The summed E-state index contributed by atoms with van der Waals surface area (Å²) in [5.41, 5.74) is -1.13. The maximum absolute atomic E-state index is 13.8. The standard InChI is InChI=1S/C13H17F4NO2S/c1-3-18-12(6-7-21(2,19)20)10-8-9(13(15,16)17)4-5-11(10)14/h4-5,8,12,18H,3,6-7H2,1-2H3. The highest BCUT2D eigenvalue weighted by molar-refractivity contribution is 7.90. The average molecular weight is 327 g/mol. The molecule has 1 atom stereocenters. The van der Waals surface area contributed by atoms with Crippen LogP contribution in [0.15, 0.2) is 18.2 Å². The highest BCUT2D eigenvalue weighted by atomic mass is 32.2. The van der Waals surface area contributed by atoms with Crippen LogP contribution in [-0.2, 0) is 16.0 Å². The van der Waals surface area contributed by atoms with E-state index in [2.05, 4.69) is 5.32 Å². The largest absolute Gasteiger partial charge is 0.416 e. The summed E-state index contributed by atoms with van der Waals surface area (Å²) in [5.74, 6) is -1.03. The molecule has 0 aliphatic rings. The Bertz CT molecular complexity index is 584. The number of benzene rings is 1. The van der Waals surface area contributed by atoms with Crippen molar-refractivity contribution in [1.82, 2.24) is 5.32 Å².